The highest BCUT2D eigenvalue weighted by Crippen LogP contribution is 2.61. The summed E-state index contributed by atoms with van der Waals surface area (Å²) < 4.78 is 1.78. The molecule has 4 nitrogen and oxygen atoms in total. The Morgan fingerprint density at radius 1 is 1.30 bits per heavy atom. The number of benzene rings is 1. The first-order valence-corrected chi connectivity index (χ1v) is 6.82. The number of rotatable bonds is 4. The summed E-state index contributed by atoms with van der Waals surface area (Å²) in [7, 11) is 1.89. The van der Waals surface area contributed by atoms with Crippen molar-refractivity contribution in [3.8, 4) is 0 Å². The van der Waals surface area contributed by atoms with E-state index >= 15 is 0 Å². The average Bonchev–Trinajstić information content (AvgIpc) is 3.11. The van der Waals surface area contributed by atoms with E-state index in [0.717, 1.165) is 16.8 Å². The van der Waals surface area contributed by atoms with Crippen LogP contribution in [0.2, 0.25) is 0 Å². The number of aryl methyl sites for hydroxylation is 2. The first-order valence-electron chi connectivity index (χ1n) is 6.82. The average molecular weight is 270 g/mol. The van der Waals surface area contributed by atoms with Gasteiger partial charge in [-0.3, -0.25) is 9.48 Å². The summed E-state index contributed by atoms with van der Waals surface area (Å²) in [5.74, 6) is 0.113. The largest absolute Gasteiger partial charge is 0.389 e. The number of nitrogens with zero attached hydrogens (tertiary/aromatic N) is 2. The van der Waals surface area contributed by atoms with Crippen molar-refractivity contribution in [2.24, 2.45) is 13.0 Å². The molecule has 1 aliphatic rings. The van der Waals surface area contributed by atoms with Crippen molar-refractivity contribution in [2.75, 3.05) is 6.61 Å². The van der Waals surface area contributed by atoms with Crippen molar-refractivity contribution in [1.29, 1.82) is 0 Å². The molecule has 1 aromatic carbocycles. The van der Waals surface area contributed by atoms with Gasteiger partial charge in [-0.15, -0.1) is 0 Å². The van der Waals surface area contributed by atoms with Crippen LogP contribution in [-0.2, 0) is 11.8 Å². The minimum atomic E-state index is -0.385. The fourth-order valence-electron chi connectivity index (χ4n) is 3.24. The lowest BCUT2D eigenvalue weighted by Crippen LogP contribution is -2.08. The number of carbonyl (C=O) groups is 1. The SMILES string of the molecule is Cc1nn(C)cc1[C@H]1[C@H](C(=O)CO)[C@@H]1c1ccccc1. The number of hydrogen-bond acceptors (Lipinski definition) is 3. The van der Waals surface area contributed by atoms with E-state index in [0.29, 0.717) is 0 Å². The summed E-state index contributed by atoms with van der Waals surface area (Å²) in [5, 5.41) is 13.5. The van der Waals surface area contributed by atoms with Gasteiger partial charge in [0.25, 0.3) is 0 Å². The fraction of sp³-hybridized carbons (Fsp3) is 0.375. The van der Waals surface area contributed by atoms with Crippen molar-refractivity contribution in [3.05, 3.63) is 53.3 Å². The Hall–Kier alpha value is -1.94. The highest BCUT2D eigenvalue weighted by atomic mass is 16.3. The third-order valence-electron chi connectivity index (χ3n) is 4.14. The molecule has 0 radical (unpaired) electrons. The van der Waals surface area contributed by atoms with E-state index in [9.17, 15) is 9.90 Å². The van der Waals surface area contributed by atoms with Crippen molar-refractivity contribution < 1.29 is 9.90 Å². The van der Waals surface area contributed by atoms with Gasteiger partial charge < -0.3 is 5.11 Å². The van der Waals surface area contributed by atoms with E-state index in [1.54, 1.807) is 4.68 Å². The summed E-state index contributed by atoms with van der Waals surface area (Å²) in [6.45, 7) is 1.58. The molecule has 20 heavy (non-hydrogen) atoms. The Balaban J connectivity index is 1.97. The van der Waals surface area contributed by atoms with Gasteiger partial charge in [0.05, 0.1) is 5.69 Å². The zero-order valence-corrected chi connectivity index (χ0v) is 11.7. The molecule has 1 fully saturated rings. The second-order valence-electron chi connectivity index (χ2n) is 5.46. The molecule has 1 aromatic heterocycles. The Morgan fingerprint density at radius 2 is 2.00 bits per heavy atom. The highest BCUT2D eigenvalue weighted by molar-refractivity contribution is 5.88. The molecule has 104 valence electrons. The van der Waals surface area contributed by atoms with Crippen LogP contribution in [0.1, 0.15) is 28.7 Å². The van der Waals surface area contributed by atoms with Crippen LogP contribution >= 0.6 is 0 Å². The maximum Gasteiger partial charge on any atom is 0.162 e. The number of ketones is 1. The van der Waals surface area contributed by atoms with Crippen LogP contribution in [0.4, 0.5) is 0 Å². The van der Waals surface area contributed by atoms with Crippen molar-refractivity contribution >= 4 is 5.78 Å². The molecule has 0 spiro atoms. The van der Waals surface area contributed by atoms with Gasteiger partial charge in [0.15, 0.2) is 5.78 Å². The molecule has 1 saturated carbocycles. The lowest BCUT2D eigenvalue weighted by molar-refractivity contribution is -0.123. The number of aliphatic hydroxyl groups excluding tert-OH is 1. The quantitative estimate of drug-likeness (QED) is 0.921. The third-order valence-corrected chi connectivity index (χ3v) is 4.14. The molecule has 2 aromatic rings. The van der Waals surface area contributed by atoms with Gasteiger partial charge in [-0.2, -0.15) is 5.10 Å². The molecule has 0 aliphatic heterocycles. The van der Waals surface area contributed by atoms with Crippen molar-refractivity contribution in [1.82, 2.24) is 9.78 Å². The first kappa shape index (κ1) is 13.1. The lowest BCUT2D eigenvalue weighted by atomic mass is 10.1. The molecule has 0 unspecified atom stereocenters. The zero-order chi connectivity index (χ0) is 14.3. The summed E-state index contributed by atoms with van der Waals surface area (Å²) in [4.78, 5) is 12.0. The number of aliphatic hydroxyl groups is 1. The molecule has 3 rings (SSSR count). The minimum Gasteiger partial charge on any atom is -0.389 e. The summed E-state index contributed by atoms with van der Waals surface area (Å²) in [6.07, 6.45) is 1.99. The lowest BCUT2D eigenvalue weighted by Gasteiger charge is -1.98. The maximum atomic E-state index is 12.0. The molecule has 1 heterocycles. The van der Waals surface area contributed by atoms with Crippen LogP contribution in [0.3, 0.4) is 0 Å². The van der Waals surface area contributed by atoms with Crippen LogP contribution in [0.25, 0.3) is 0 Å². The van der Waals surface area contributed by atoms with Crippen LogP contribution in [-0.4, -0.2) is 27.3 Å². The van der Waals surface area contributed by atoms with Crippen LogP contribution in [0.5, 0.6) is 0 Å². The van der Waals surface area contributed by atoms with Gasteiger partial charge >= 0.3 is 0 Å². The second-order valence-corrected chi connectivity index (χ2v) is 5.46. The fourth-order valence-corrected chi connectivity index (χ4v) is 3.24. The van der Waals surface area contributed by atoms with E-state index in [4.69, 9.17) is 0 Å². The van der Waals surface area contributed by atoms with Crippen LogP contribution in [0.15, 0.2) is 36.5 Å². The predicted molar refractivity (Wildman–Crippen MR) is 75.5 cm³/mol. The molecular weight excluding hydrogens is 252 g/mol. The number of aromatic nitrogens is 2. The summed E-state index contributed by atoms with van der Waals surface area (Å²) in [6, 6.07) is 10.0. The molecule has 1 N–H and O–H groups in total. The molecule has 0 bridgehead atoms. The van der Waals surface area contributed by atoms with Gasteiger partial charge in [0, 0.05) is 31.0 Å². The Bertz CT molecular complexity index is 633. The second kappa shape index (κ2) is 4.87. The third kappa shape index (κ3) is 2.06. The Kier molecular flexibility index (Phi) is 3.18. The predicted octanol–water partition coefficient (Wildman–Crippen LogP) is 1.79. The first-order chi connectivity index (χ1) is 9.63. The van der Waals surface area contributed by atoms with Gasteiger partial charge in [-0.25, -0.2) is 0 Å². The smallest absolute Gasteiger partial charge is 0.162 e. The van der Waals surface area contributed by atoms with Crippen molar-refractivity contribution in [3.63, 3.8) is 0 Å². The van der Waals surface area contributed by atoms with Gasteiger partial charge in [0.1, 0.15) is 6.61 Å². The maximum absolute atomic E-state index is 12.0. The molecule has 4 heteroatoms. The van der Waals surface area contributed by atoms with Crippen LogP contribution in [0, 0.1) is 12.8 Å². The molecule has 3 atom stereocenters. The zero-order valence-electron chi connectivity index (χ0n) is 11.7. The monoisotopic (exact) mass is 270 g/mol. The van der Waals surface area contributed by atoms with E-state index in [1.807, 2.05) is 50.5 Å². The van der Waals surface area contributed by atoms with Gasteiger partial charge in [0.2, 0.25) is 0 Å². The topological polar surface area (TPSA) is 55.1 Å². The van der Waals surface area contributed by atoms with E-state index in [1.165, 1.54) is 0 Å². The van der Waals surface area contributed by atoms with Gasteiger partial charge in [-0.05, 0) is 18.1 Å². The standard InChI is InChI=1S/C16H18N2O2/c1-10-12(8-18(2)17-10)15-14(16(15)13(20)9-19)11-6-4-3-5-7-11/h3-8,14-16,19H,9H2,1-2H3/t14-,15-,16-/m1/s1. The normalized spacial score (nSPS) is 24.6. The molecule has 0 amide bonds. The number of Topliss-reactive ketones (excluding diaryl/α,β-unsaturated/α-hetero) is 1. The Morgan fingerprint density at radius 3 is 2.55 bits per heavy atom. The Labute approximate surface area is 118 Å². The van der Waals surface area contributed by atoms with Crippen LogP contribution < -0.4 is 0 Å². The summed E-state index contributed by atoms with van der Waals surface area (Å²) >= 11 is 0. The molecule has 0 saturated heterocycles. The number of carbonyl (C=O) groups excluding carboxylic acids is 1. The van der Waals surface area contributed by atoms with Gasteiger partial charge in [-0.1, -0.05) is 30.3 Å². The molecular formula is C16H18N2O2. The molecule has 1 aliphatic carbocycles. The highest BCUT2D eigenvalue weighted by Gasteiger charge is 2.56. The summed E-state index contributed by atoms with van der Waals surface area (Å²) in [5.41, 5.74) is 3.24. The van der Waals surface area contributed by atoms with E-state index in [2.05, 4.69) is 5.10 Å². The number of hydrogen-bond donors (Lipinski definition) is 1. The minimum absolute atomic E-state index is 0.0768. The van der Waals surface area contributed by atoms with E-state index in [-0.39, 0.29) is 30.1 Å². The van der Waals surface area contributed by atoms with Crippen molar-refractivity contribution in [2.45, 2.75) is 18.8 Å². The van der Waals surface area contributed by atoms with E-state index < -0.39 is 0 Å².